The Morgan fingerprint density at radius 2 is 1.95 bits per heavy atom. The average Bonchev–Trinajstić information content (AvgIpc) is 2.81. The highest BCUT2D eigenvalue weighted by Crippen LogP contribution is 2.32. The van der Waals surface area contributed by atoms with Gasteiger partial charge >= 0.3 is 0 Å². The van der Waals surface area contributed by atoms with Crippen LogP contribution in [0.1, 0.15) is 6.92 Å². The lowest BCUT2D eigenvalue weighted by Gasteiger charge is -2.12. The van der Waals surface area contributed by atoms with E-state index in [9.17, 15) is 4.79 Å². The van der Waals surface area contributed by atoms with E-state index in [0.29, 0.717) is 25.9 Å². The predicted molar refractivity (Wildman–Crippen MR) is 84.2 cm³/mol. The molecule has 1 atom stereocenters. The highest BCUT2D eigenvalue weighted by Gasteiger charge is 2.19. The molecule has 6 nitrogen and oxygen atoms in total. The predicted octanol–water partition coefficient (Wildman–Crippen LogP) is 3.29. The fourth-order valence-electron chi connectivity index (χ4n) is 1.39. The molecule has 0 spiro atoms. The minimum absolute atomic E-state index is 0.247. The first kappa shape index (κ1) is 16.4. The van der Waals surface area contributed by atoms with Crippen LogP contribution < -0.4 is 5.32 Å². The van der Waals surface area contributed by atoms with Crippen molar-refractivity contribution in [1.82, 2.24) is 20.2 Å². The van der Waals surface area contributed by atoms with Gasteiger partial charge in [0.25, 0.3) is 0 Å². The second kappa shape index (κ2) is 6.83. The van der Waals surface area contributed by atoms with Crippen molar-refractivity contribution >= 4 is 58.2 Å². The molecular weight excluding hydrogens is 357 g/mol. The highest BCUT2D eigenvalue weighted by atomic mass is 35.5. The summed E-state index contributed by atoms with van der Waals surface area (Å²) in [5, 5.41) is 14.8. The molecular formula is C11H10Cl3N5OS. The molecule has 0 saturated carbocycles. The molecule has 1 heterocycles. The van der Waals surface area contributed by atoms with Crippen molar-refractivity contribution in [2.75, 3.05) is 5.32 Å². The van der Waals surface area contributed by atoms with Crippen molar-refractivity contribution in [3.05, 3.63) is 27.2 Å². The van der Waals surface area contributed by atoms with Crippen molar-refractivity contribution < 1.29 is 4.79 Å². The van der Waals surface area contributed by atoms with Gasteiger partial charge in [-0.2, -0.15) is 0 Å². The molecule has 112 valence electrons. The summed E-state index contributed by atoms with van der Waals surface area (Å²) in [6, 6.07) is 2.98. The molecule has 0 saturated heterocycles. The third kappa shape index (κ3) is 4.00. The van der Waals surface area contributed by atoms with E-state index in [2.05, 4.69) is 20.8 Å². The average molecular weight is 367 g/mol. The van der Waals surface area contributed by atoms with Crippen LogP contribution in [-0.4, -0.2) is 31.4 Å². The zero-order chi connectivity index (χ0) is 15.6. The Labute approximate surface area is 140 Å². The van der Waals surface area contributed by atoms with E-state index in [1.54, 1.807) is 14.0 Å². The van der Waals surface area contributed by atoms with E-state index >= 15 is 0 Å². The molecule has 0 aliphatic carbocycles. The van der Waals surface area contributed by atoms with Gasteiger partial charge in [-0.05, 0) is 29.5 Å². The number of aromatic nitrogens is 4. The molecule has 1 N–H and O–H groups in total. The van der Waals surface area contributed by atoms with Gasteiger partial charge in [0.15, 0.2) is 0 Å². The van der Waals surface area contributed by atoms with Crippen molar-refractivity contribution in [3.63, 3.8) is 0 Å². The standard InChI is InChI=1S/C11H10Cl3N5OS/c1-5(21-11-16-17-18-19(11)2)10(20)15-9-4-7(13)6(12)3-8(9)14/h3-5H,1-2H3,(H,15,20)/t5-/m0/s1. The summed E-state index contributed by atoms with van der Waals surface area (Å²) in [6.45, 7) is 1.74. The van der Waals surface area contributed by atoms with Gasteiger partial charge in [-0.15, -0.1) is 5.10 Å². The van der Waals surface area contributed by atoms with Crippen LogP contribution in [0.15, 0.2) is 17.3 Å². The lowest BCUT2D eigenvalue weighted by atomic mass is 10.3. The minimum Gasteiger partial charge on any atom is -0.324 e. The molecule has 1 aromatic heterocycles. The Kier molecular flexibility index (Phi) is 5.32. The molecule has 2 rings (SSSR count). The summed E-state index contributed by atoms with van der Waals surface area (Å²) in [5.74, 6) is -0.247. The Morgan fingerprint density at radius 1 is 1.29 bits per heavy atom. The quantitative estimate of drug-likeness (QED) is 0.664. The largest absolute Gasteiger partial charge is 0.324 e. The molecule has 0 unspecified atom stereocenters. The van der Waals surface area contributed by atoms with Gasteiger partial charge in [0.05, 0.1) is 26.0 Å². The summed E-state index contributed by atoms with van der Waals surface area (Å²) < 4.78 is 1.49. The topological polar surface area (TPSA) is 72.7 Å². The third-order valence-corrected chi connectivity index (χ3v) is 4.66. The maximum absolute atomic E-state index is 12.2. The summed E-state index contributed by atoms with van der Waals surface area (Å²) in [5.41, 5.74) is 0.402. The second-order valence-electron chi connectivity index (χ2n) is 4.08. The first-order chi connectivity index (χ1) is 9.88. The van der Waals surface area contributed by atoms with Crippen molar-refractivity contribution in [1.29, 1.82) is 0 Å². The lowest BCUT2D eigenvalue weighted by Crippen LogP contribution is -2.23. The van der Waals surface area contributed by atoms with E-state index in [1.807, 2.05) is 0 Å². The molecule has 0 aliphatic rings. The summed E-state index contributed by atoms with van der Waals surface area (Å²) in [4.78, 5) is 12.2. The fraction of sp³-hybridized carbons (Fsp3) is 0.273. The summed E-state index contributed by atoms with van der Waals surface area (Å²) in [6.07, 6.45) is 0. The Balaban J connectivity index is 2.07. The fourth-order valence-corrected chi connectivity index (χ4v) is 2.73. The monoisotopic (exact) mass is 365 g/mol. The van der Waals surface area contributed by atoms with Gasteiger partial charge in [0.2, 0.25) is 11.1 Å². The number of nitrogens with zero attached hydrogens (tertiary/aromatic N) is 4. The van der Waals surface area contributed by atoms with E-state index in [1.165, 1.54) is 28.6 Å². The smallest absolute Gasteiger partial charge is 0.237 e. The highest BCUT2D eigenvalue weighted by molar-refractivity contribution is 8.00. The Bertz CT molecular complexity index is 678. The third-order valence-electron chi connectivity index (χ3n) is 2.50. The number of hydrogen-bond acceptors (Lipinski definition) is 5. The van der Waals surface area contributed by atoms with E-state index in [-0.39, 0.29) is 5.91 Å². The molecule has 0 aliphatic heterocycles. The number of hydrogen-bond donors (Lipinski definition) is 1. The molecule has 10 heteroatoms. The number of nitrogens with one attached hydrogen (secondary N) is 1. The lowest BCUT2D eigenvalue weighted by molar-refractivity contribution is -0.115. The first-order valence-electron chi connectivity index (χ1n) is 5.73. The van der Waals surface area contributed by atoms with Gasteiger partial charge < -0.3 is 5.32 Å². The van der Waals surface area contributed by atoms with Crippen molar-refractivity contribution in [2.45, 2.75) is 17.3 Å². The van der Waals surface area contributed by atoms with E-state index in [0.717, 1.165) is 0 Å². The maximum atomic E-state index is 12.2. The van der Waals surface area contributed by atoms with Gasteiger partial charge in [-0.3, -0.25) is 4.79 Å². The second-order valence-corrected chi connectivity index (χ2v) is 6.61. The summed E-state index contributed by atoms with van der Waals surface area (Å²) >= 11 is 19.0. The van der Waals surface area contributed by atoms with E-state index in [4.69, 9.17) is 34.8 Å². The number of thioether (sulfide) groups is 1. The zero-order valence-corrected chi connectivity index (χ0v) is 14.1. The zero-order valence-electron chi connectivity index (χ0n) is 11.0. The molecule has 2 aromatic rings. The number of tetrazole rings is 1. The molecule has 21 heavy (non-hydrogen) atoms. The van der Waals surface area contributed by atoms with Crippen LogP contribution in [0, 0.1) is 0 Å². The maximum Gasteiger partial charge on any atom is 0.237 e. The van der Waals surface area contributed by atoms with Crippen molar-refractivity contribution in [2.24, 2.45) is 7.05 Å². The van der Waals surface area contributed by atoms with Crippen LogP contribution in [0.3, 0.4) is 0 Å². The van der Waals surface area contributed by atoms with Gasteiger partial charge in [0, 0.05) is 7.05 Å². The Morgan fingerprint density at radius 3 is 2.57 bits per heavy atom. The van der Waals surface area contributed by atoms with Crippen LogP contribution in [-0.2, 0) is 11.8 Å². The molecule has 1 amide bonds. The number of aryl methyl sites for hydroxylation is 1. The number of anilines is 1. The van der Waals surface area contributed by atoms with Gasteiger partial charge in [-0.1, -0.05) is 46.6 Å². The number of carbonyl (C=O) groups is 1. The number of rotatable bonds is 4. The molecule has 0 fully saturated rings. The normalized spacial score (nSPS) is 12.2. The number of halogens is 3. The van der Waals surface area contributed by atoms with Gasteiger partial charge in [-0.25, -0.2) is 4.68 Å². The molecule has 1 aromatic carbocycles. The van der Waals surface area contributed by atoms with Crippen LogP contribution in [0.2, 0.25) is 15.1 Å². The van der Waals surface area contributed by atoms with E-state index < -0.39 is 5.25 Å². The summed E-state index contributed by atoms with van der Waals surface area (Å²) in [7, 11) is 1.70. The van der Waals surface area contributed by atoms with Crippen LogP contribution in [0.5, 0.6) is 0 Å². The first-order valence-corrected chi connectivity index (χ1v) is 7.74. The minimum atomic E-state index is -0.416. The van der Waals surface area contributed by atoms with Gasteiger partial charge in [0.1, 0.15) is 0 Å². The number of carbonyl (C=O) groups excluding carboxylic acids is 1. The SMILES string of the molecule is C[C@H](Sc1nnnn1C)C(=O)Nc1cc(Cl)c(Cl)cc1Cl. The number of amides is 1. The Hall–Kier alpha value is -1.02. The van der Waals surface area contributed by atoms with Crippen molar-refractivity contribution in [3.8, 4) is 0 Å². The molecule has 0 bridgehead atoms. The molecule has 0 radical (unpaired) electrons. The van der Waals surface area contributed by atoms with Crippen LogP contribution in [0.4, 0.5) is 5.69 Å². The number of benzene rings is 1. The van der Waals surface area contributed by atoms with Crippen LogP contribution >= 0.6 is 46.6 Å². The van der Waals surface area contributed by atoms with Crippen LogP contribution in [0.25, 0.3) is 0 Å².